The lowest BCUT2D eigenvalue weighted by atomic mass is 10.4. The molecule has 0 nitrogen and oxygen atoms in total. The summed E-state index contributed by atoms with van der Waals surface area (Å²) in [4.78, 5) is 0. The summed E-state index contributed by atoms with van der Waals surface area (Å²) in [5.41, 5.74) is 1.95. The van der Waals surface area contributed by atoms with Crippen molar-refractivity contribution in [2.24, 2.45) is 0 Å². The zero-order valence-corrected chi connectivity index (χ0v) is 9.94. The van der Waals surface area contributed by atoms with Gasteiger partial charge in [0.05, 0.1) is 10.6 Å². The molecule has 0 aromatic carbocycles. The van der Waals surface area contributed by atoms with Gasteiger partial charge in [0.15, 0.2) is 0 Å². The summed E-state index contributed by atoms with van der Waals surface area (Å²) in [5.74, 6) is 0. The van der Waals surface area contributed by atoms with Crippen LogP contribution in [0.5, 0.6) is 0 Å². The fourth-order valence-corrected chi connectivity index (χ4v) is 1.09. The molecule has 0 rings (SSSR count). The quantitative estimate of drug-likeness (QED) is 0.618. The summed E-state index contributed by atoms with van der Waals surface area (Å²) in [5, 5.41) is -0.275. The van der Waals surface area contributed by atoms with E-state index in [1.807, 2.05) is 5.54 Å². The van der Waals surface area contributed by atoms with Gasteiger partial charge in [0.2, 0.25) is 8.13 Å². The van der Waals surface area contributed by atoms with Crippen molar-refractivity contribution >= 4 is 81.2 Å². The van der Waals surface area contributed by atoms with E-state index in [0.29, 0.717) is 0 Å². The van der Waals surface area contributed by atoms with Crippen molar-refractivity contribution in [1.82, 2.24) is 0 Å². The SMILES string of the molecule is Cl/[C]=C(\Cl)C(Cl)(Cl)C(Cl)(Cl)Cl. The predicted molar refractivity (Wildman–Crippen MR) is 53.2 cm³/mol. The molecule has 0 unspecified atom stereocenters. The van der Waals surface area contributed by atoms with E-state index in [4.69, 9.17) is 81.2 Å². The standard InChI is InChI=1S/C4Cl7/c5-1-2(6)3(7,8)4(9,10)11. The van der Waals surface area contributed by atoms with Crippen molar-refractivity contribution in [1.29, 1.82) is 0 Å². The van der Waals surface area contributed by atoms with E-state index in [-0.39, 0.29) is 5.03 Å². The highest BCUT2D eigenvalue weighted by Gasteiger charge is 2.48. The van der Waals surface area contributed by atoms with E-state index in [1.165, 1.54) is 0 Å². The Morgan fingerprint density at radius 3 is 1.45 bits per heavy atom. The lowest BCUT2D eigenvalue weighted by Gasteiger charge is -2.25. The van der Waals surface area contributed by atoms with E-state index in [2.05, 4.69) is 0 Å². The van der Waals surface area contributed by atoms with Crippen LogP contribution in [0.4, 0.5) is 0 Å². The maximum atomic E-state index is 5.52. The Kier molecular flexibility index (Phi) is 5.02. The molecule has 0 aliphatic carbocycles. The van der Waals surface area contributed by atoms with Crippen molar-refractivity contribution in [2.75, 3.05) is 0 Å². The first-order valence-corrected chi connectivity index (χ1v) is 4.72. The zero-order valence-electron chi connectivity index (χ0n) is 4.65. The van der Waals surface area contributed by atoms with Gasteiger partial charge in [-0.15, -0.1) is 0 Å². The van der Waals surface area contributed by atoms with Crippen molar-refractivity contribution in [3.8, 4) is 0 Å². The molecular weight excluding hydrogens is 296 g/mol. The Bertz CT molecular complexity index is 164. The fraction of sp³-hybridized carbons (Fsp3) is 0.500. The van der Waals surface area contributed by atoms with Crippen molar-refractivity contribution in [3.05, 3.63) is 10.6 Å². The average Bonchev–Trinajstić information content (AvgIpc) is 1.83. The third kappa shape index (κ3) is 3.19. The monoisotopic (exact) mass is 293 g/mol. The molecule has 0 fully saturated rings. The first kappa shape index (κ1) is 12.8. The molecule has 11 heavy (non-hydrogen) atoms. The Morgan fingerprint density at radius 1 is 1.00 bits per heavy atom. The van der Waals surface area contributed by atoms with Crippen LogP contribution < -0.4 is 0 Å². The largest absolute Gasteiger partial charge is 0.228 e. The van der Waals surface area contributed by atoms with Gasteiger partial charge in [-0.2, -0.15) is 0 Å². The molecule has 7 heteroatoms. The van der Waals surface area contributed by atoms with Gasteiger partial charge in [0, 0.05) is 0 Å². The smallest absolute Gasteiger partial charge is 0.0904 e. The van der Waals surface area contributed by atoms with Crippen LogP contribution in [0.1, 0.15) is 0 Å². The van der Waals surface area contributed by atoms with Crippen LogP contribution >= 0.6 is 81.2 Å². The van der Waals surface area contributed by atoms with E-state index < -0.39 is 8.13 Å². The highest BCUT2D eigenvalue weighted by molar-refractivity contribution is 6.77. The van der Waals surface area contributed by atoms with E-state index >= 15 is 0 Å². The normalized spacial score (nSPS) is 15.4. The molecule has 0 aromatic rings. The predicted octanol–water partition coefficient (Wildman–Crippen LogP) is 4.65. The summed E-state index contributed by atoms with van der Waals surface area (Å²) in [7, 11) is 0. The number of alkyl halides is 5. The molecule has 0 atom stereocenters. The number of hydrogen-bond acceptors (Lipinski definition) is 0. The van der Waals surface area contributed by atoms with Gasteiger partial charge in [-0.3, -0.25) is 0 Å². The molecular formula is C4Cl7. The zero-order chi connectivity index (χ0) is 9.28. The number of rotatable bonds is 1. The molecule has 0 aliphatic heterocycles. The van der Waals surface area contributed by atoms with Crippen molar-refractivity contribution in [3.63, 3.8) is 0 Å². The van der Waals surface area contributed by atoms with Crippen LogP contribution in [0, 0.1) is 5.54 Å². The van der Waals surface area contributed by atoms with Gasteiger partial charge >= 0.3 is 0 Å². The third-order valence-electron chi connectivity index (χ3n) is 0.715. The second-order valence-corrected chi connectivity index (χ2v) is 5.66. The molecule has 0 heterocycles. The topological polar surface area (TPSA) is 0 Å². The average molecular weight is 296 g/mol. The highest BCUT2D eigenvalue weighted by atomic mass is 35.6. The van der Waals surface area contributed by atoms with Gasteiger partial charge in [-0.25, -0.2) is 0 Å². The molecule has 0 N–H and O–H groups in total. The molecule has 0 bridgehead atoms. The summed E-state index contributed by atoms with van der Waals surface area (Å²) in [6, 6.07) is 0. The lowest BCUT2D eigenvalue weighted by Crippen LogP contribution is -2.31. The van der Waals surface area contributed by atoms with Crippen LogP contribution in [0.3, 0.4) is 0 Å². The molecule has 1 radical (unpaired) electrons. The molecule has 0 aliphatic rings. The second kappa shape index (κ2) is 4.32. The first-order valence-electron chi connectivity index (χ1n) is 2.07. The Labute approximate surface area is 99.3 Å². The highest BCUT2D eigenvalue weighted by Crippen LogP contribution is 2.51. The van der Waals surface area contributed by atoms with E-state index in [0.717, 1.165) is 0 Å². The first-order chi connectivity index (χ1) is 4.73. The number of allylic oxidation sites excluding steroid dienone is 1. The minimum Gasteiger partial charge on any atom is -0.0904 e. The number of hydrogen-bond donors (Lipinski definition) is 0. The molecule has 0 spiro atoms. The maximum Gasteiger partial charge on any atom is 0.228 e. The Morgan fingerprint density at radius 2 is 1.36 bits per heavy atom. The van der Waals surface area contributed by atoms with Gasteiger partial charge in [0.25, 0.3) is 0 Å². The summed E-state index contributed by atoms with van der Waals surface area (Å²) >= 11 is 37.6. The van der Waals surface area contributed by atoms with Gasteiger partial charge in [-0.05, 0) is 0 Å². The molecule has 0 saturated heterocycles. The fourth-order valence-electron chi connectivity index (χ4n) is 0.184. The van der Waals surface area contributed by atoms with Gasteiger partial charge in [-0.1, -0.05) is 81.2 Å². The van der Waals surface area contributed by atoms with Crippen molar-refractivity contribution < 1.29 is 0 Å². The molecule has 0 aromatic heterocycles. The molecule has 0 saturated carbocycles. The Balaban J connectivity index is 4.74. The molecule has 0 amide bonds. The van der Waals surface area contributed by atoms with Crippen LogP contribution in [-0.2, 0) is 0 Å². The van der Waals surface area contributed by atoms with Crippen LogP contribution in [0.2, 0.25) is 0 Å². The third-order valence-corrected chi connectivity index (χ3v) is 3.95. The minimum atomic E-state index is -1.95. The maximum absolute atomic E-state index is 5.52. The minimum absolute atomic E-state index is 0.275. The van der Waals surface area contributed by atoms with Gasteiger partial charge in [0.1, 0.15) is 0 Å². The summed E-state index contributed by atoms with van der Waals surface area (Å²) < 4.78 is -3.82. The van der Waals surface area contributed by atoms with Crippen LogP contribution in [0.15, 0.2) is 5.03 Å². The van der Waals surface area contributed by atoms with E-state index in [9.17, 15) is 0 Å². The Hall–Kier alpha value is 1.77. The summed E-state index contributed by atoms with van der Waals surface area (Å²) in [6.45, 7) is 0. The number of halogens is 7. The van der Waals surface area contributed by atoms with Crippen LogP contribution in [0.25, 0.3) is 0 Å². The molecule has 65 valence electrons. The lowest BCUT2D eigenvalue weighted by molar-refractivity contribution is 0.972. The summed E-state index contributed by atoms with van der Waals surface area (Å²) in [6.07, 6.45) is 0. The second-order valence-electron chi connectivity index (χ2n) is 1.48. The van der Waals surface area contributed by atoms with Crippen LogP contribution in [-0.4, -0.2) is 8.13 Å². The van der Waals surface area contributed by atoms with Gasteiger partial charge < -0.3 is 0 Å². The van der Waals surface area contributed by atoms with E-state index in [1.54, 1.807) is 0 Å². The van der Waals surface area contributed by atoms with Crippen molar-refractivity contribution in [2.45, 2.75) is 8.13 Å².